The van der Waals surface area contributed by atoms with Crippen LogP contribution in [0.1, 0.15) is 17.5 Å². The van der Waals surface area contributed by atoms with E-state index >= 15 is 0 Å². The average molecular weight is 449 g/mol. The standard InChI is InChI=1S/C24H21BrN2O2/c25-20-11-13-21(14-12-20)27-23(28)15-22(24(27)29)26(16-18-7-3-1-4-8-18)17-19-9-5-2-6-10-19/h1-14,22H,15-17H2/t22-/m0/s1. The minimum absolute atomic E-state index is 0.159. The normalized spacial score (nSPS) is 16.6. The Morgan fingerprint density at radius 1 is 0.793 bits per heavy atom. The average Bonchev–Trinajstić information content (AvgIpc) is 3.04. The number of carbonyl (C=O) groups excluding carboxylic acids is 2. The molecule has 3 aromatic carbocycles. The number of nitrogens with zero attached hydrogens (tertiary/aromatic N) is 2. The molecule has 0 saturated carbocycles. The van der Waals surface area contributed by atoms with Crippen molar-refractivity contribution in [1.82, 2.24) is 4.90 Å². The summed E-state index contributed by atoms with van der Waals surface area (Å²) in [7, 11) is 0. The van der Waals surface area contributed by atoms with Gasteiger partial charge in [0.05, 0.1) is 18.2 Å². The summed E-state index contributed by atoms with van der Waals surface area (Å²) in [6.45, 7) is 1.21. The van der Waals surface area contributed by atoms with Crippen molar-refractivity contribution in [3.63, 3.8) is 0 Å². The number of rotatable bonds is 6. The van der Waals surface area contributed by atoms with Gasteiger partial charge in [-0.15, -0.1) is 0 Å². The van der Waals surface area contributed by atoms with Gasteiger partial charge in [-0.05, 0) is 35.4 Å². The number of benzene rings is 3. The summed E-state index contributed by atoms with van der Waals surface area (Å²) < 4.78 is 0.909. The number of anilines is 1. The lowest BCUT2D eigenvalue weighted by Crippen LogP contribution is -2.41. The fraction of sp³-hybridized carbons (Fsp3) is 0.167. The molecule has 2 amide bonds. The van der Waals surface area contributed by atoms with E-state index < -0.39 is 6.04 Å². The van der Waals surface area contributed by atoms with E-state index in [9.17, 15) is 9.59 Å². The minimum atomic E-state index is -0.480. The Morgan fingerprint density at radius 2 is 1.31 bits per heavy atom. The number of imide groups is 1. The number of amides is 2. The molecule has 29 heavy (non-hydrogen) atoms. The topological polar surface area (TPSA) is 40.6 Å². The lowest BCUT2D eigenvalue weighted by molar-refractivity contribution is -0.123. The molecule has 4 rings (SSSR count). The molecule has 0 unspecified atom stereocenters. The molecule has 1 saturated heterocycles. The summed E-state index contributed by atoms with van der Waals surface area (Å²) in [5.41, 5.74) is 2.85. The van der Waals surface area contributed by atoms with Crippen LogP contribution in [0.5, 0.6) is 0 Å². The van der Waals surface area contributed by atoms with Crippen LogP contribution in [0.15, 0.2) is 89.4 Å². The highest BCUT2D eigenvalue weighted by Crippen LogP contribution is 2.28. The predicted molar refractivity (Wildman–Crippen MR) is 117 cm³/mol. The molecule has 1 aliphatic heterocycles. The van der Waals surface area contributed by atoms with Gasteiger partial charge in [-0.2, -0.15) is 0 Å². The second-order valence-corrected chi connectivity index (χ2v) is 8.06. The van der Waals surface area contributed by atoms with Gasteiger partial charge in [-0.3, -0.25) is 14.5 Å². The van der Waals surface area contributed by atoms with Gasteiger partial charge in [0.2, 0.25) is 5.91 Å². The Morgan fingerprint density at radius 3 is 1.83 bits per heavy atom. The van der Waals surface area contributed by atoms with Gasteiger partial charge in [-0.1, -0.05) is 76.6 Å². The van der Waals surface area contributed by atoms with Crippen LogP contribution in [0.3, 0.4) is 0 Å². The zero-order chi connectivity index (χ0) is 20.2. The van der Waals surface area contributed by atoms with Crippen molar-refractivity contribution >= 4 is 33.4 Å². The fourth-order valence-corrected chi connectivity index (χ4v) is 3.94. The Hall–Kier alpha value is -2.76. The first-order valence-electron chi connectivity index (χ1n) is 9.56. The predicted octanol–water partition coefficient (Wildman–Crippen LogP) is 4.78. The summed E-state index contributed by atoms with van der Waals surface area (Å²) in [6.07, 6.45) is 0.189. The Bertz CT molecular complexity index is 949. The highest BCUT2D eigenvalue weighted by molar-refractivity contribution is 9.10. The molecular weight excluding hydrogens is 428 g/mol. The maximum Gasteiger partial charge on any atom is 0.251 e. The molecule has 1 atom stereocenters. The Kier molecular flexibility index (Phi) is 5.88. The number of carbonyl (C=O) groups is 2. The van der Waals surface area contributed by atoms with Crippen molar-refractivity contribution in [2.24, 2.45) is 0 Å². The van der Waals surface area contributed by atoms with Crippen LogP contribution in [0, 0.1) is 0 Å². The van der Waals surface area contributed by atoms with E-state index in [0.717, 1.165) is 15.6 Å². The zero-order valence-corrected chi connectivity index (χ0v) is 17.5. The molecule has 0 spiro atoms. The second kappa shape index (κ2) is 8.72. The summed E-state index contributed by atoms with van der Waals surface area (Å²) in [5, 5.41) is 0. The van der Waals surface area contributed by atoms with Crippen LogP contribution in [0.2, 0.25) is 0 Å². The molecule has 0 N–H and O–H groups in total. The lowest BCUT2D eigenvalue weighted by atomic mass is 10.1. The van der Waals surface area contributed by atoms with Crippen LogP contribution in [-0.2, 0) is 22.7 Å². The molecular formula is C24H21BrN2O2. The third-order valence-corrected chi connectivity index (χ3v) is 5.63. The van der Waals surface area contributed by atoms with E-state index in [-0.39, 0.29) is 18.2 Å². The van der Waals surface area contributed by atoms with Crippen LogP contribution >= 0.6 is 15.9 Å². The summed E-state index contributed by atoms with van der Waals surface area (Å²) in [6, 6.07) is 26.9. The van der Waals surface area contributed by atoms with Gasteiger partial charge in [0.15, 0.2) is 0 Å². The molecule has 1 fully saturated rings. The monoisotopic (exact) mass is 448 g/mol. The quantitative estimate of drug-likeness (QED) is 0.509. The SMILES string of the molecule is O=C1C[C@H](N(Cc2ccccc2)Cc2ccccc2)C(=O)N1c1ccc(Br)cc1. The molecule has 0 aliphatic carbocycles. The van der Waals surface area contributed by atoms with Gasteiger partial charge in [0.1, 0.15) is 0 Å². The maximum absolute atomic E-state index is 13.3. The molecule has 0 bridgehead atoms. The zero-order valence-electron chi connectivity index (χ0n) is 15.9. The van der Waals surface area contributed by atoms with Crippen LogP contribution in [-0.4, -0.2) is 22.8 Å². The van der Waals surface area contributed by atoms with Crippen molar-refractivity contribution < 1.29 is 9.59 Å². The summed E-state index contributed by atoms with van der Waals surface area (Å²) in [5.74, 6) is -0.322. The van der Waals surface area contributed by atoms with E-state index in [1.54, 1.807) is 12.1 Å². The van der Waals surface area contributed by atoms with Gasteiger partial charge in [0.25, 0.3) is 5.91 Å². The van der Waals surface area contributed by atoms with Crippen molar-refractivity contribution in [2.45, 2.75) is 25.6 Å². The molecule has 0 radical (unpaired) electrons. The molecule has 3 aromatic rings. The van der Waals surface area contributed by atoms with Gasteiger partial charge < -0.3 is 0 Å². The van der Waals surface area contributed by atoms with E-state index in [4.69, 9.17) is 0 Å². The number of hydrogen-bond acceptors (Lipinski definition) is 3. The highest BCUT2D eigenvalue weighted by atomic mass is 79.9. The van der Waals surface area contributed by atoms with E-state index in [1.165, 1.54) is 4.90 Å². The number of hydrogen-bond donors (Lipinski definition) is 0. The second-order valence-electron chi connectivity index (χ2n) is 7.14. The molecule has 5 heteroatoms. The smallest absolute Gasteiger partial charge is 0.251 e. The summed E-state index contributed by atoms with van der Waals surface area (Å²) >= 11 is 3.40. The van der Waals surface area contributed by atoms with Gasteiger partial charge in [-0.25, -0.2) is 4.90 Å². The lowest BCUT2D eigenvalue weighted by Gasteiger charge is -2.27. The highest BCUT2D eigenvalue weighted by Gasteiger charge is 2.42. The van der Waals surface area contributed by atoms with Crippen molar-refractivity contribution in [3.05, 3.63) is 101 Å². The third kappa shape index (κ3) is 4.47. The maximum atomic E-state index is 13.3. The first kappa shape index (κ1) is 19.6. The van der Waals surface area contributed by atoms with Crippen molar-refractivity contribution in [3.8, 4) is 0 Å². The first-order valence-corrected chi connectivity index (χ1v) is 10.4. The Labute approximate surface area is 178 Å². The molecule has 1 heterocycles. The van der Waals surface area contributed by atoms with E-state index in [1.807, 2.05) is 72.8 Å². The van der Waals surface area contributed by atoms with Crippen LogP contribution in [0.25, 0.3) is 0 Å². The summed E-state index contributed by atoms with van der Waals surface area (Å²) in [4.78, 5) is 29.5. The fourth-order valence-electron chi connectivity index (χ4n) is 3.67. The molecule has 4 nitrogen and oxygen atoms in total. The molecule has 1 aliphatic rings. The van der Waals surface area contributed by atoms with Gasteiger partial charge in [0, 0.05) is 17.6 Å². The number of halogens is 1. The Balaban J connectivity index is 1.62. The van der Waals surface area contributed by atoms with E-state index in [0.29, 0.717) is 18.8 Å². The third-order valence-electron chi connectivity index (χ3n) is 5.11. The van der Waals surface area contributed by atoms with Crippen molar-refractivity contribution in [2.75, 3.05) is 4.90 Å². The van der Waals surface area contributed by atoms with Crippen LogP contribution < -0.4 is 4.90 Å². The van der Waals surface area contributed by atoms with E-state index in [2.05, 4.69) is 20.8 Å². The molecule has 0 aromatic heterocycles. The van der Waals surface area contributed by atoms with Crippen molar-refractivity contribution in [1.29, 1.82) is 0 Å². The largest absolute Gasteiger partial charge is 0.283 e. The van der Waals surface area contributed by atoms with Gasteiger partial charge >= 0.3 is 0 Å². The molecule has 146 valence electrons. The van der Waals surface area contributed by atoms with Crippen LogP contribution in [0.4, 0.5) is 5.69 Å². The minimum Gasteiger partial charge on any atom is -0.283 e. The first-order chi connectivity index (χ1) is 14.1.